The van der Waals surface area contributed by atoms with E-state index < -0.39 is 29.6 Å². The van der Waals surface area contributed by atoms with Crippen LogP contribution in [0.4, 0.5) is 0 Å². The molecule has 0 aromatic rings. The van der Waals surface area contributed by atoms with Gasteiger partial charge in [0.25, 0.3) is 0 Å². The third-order valence-electron chi connectivity index (χ3n) is 2.98. The first-order chi connectivity index (χ1) is 6.86. The minimum atomic E-state index is -1.76. The average Bonchev–Trinajstić information content (AvgIpc) is 2.38. The van der Waals surface area contributed by atoms with E-state index in [1.54, 1.807) is 20.8 Å². The molecule has 0 spiro atoms. The quantitative estimate of drug-likeness (QED) is 0.667. The molecule has 5 heteroatoms. The Labute approximate surface area is 88.0 Å². The third-order valence-corrected chi connectivity index (χ3v) is 2.98. The summed E-state index contributed by atoms with van der Waals surface area (Å²) in [5.74, 6) is -2.79. The van der Waals surface area contributed by atoms with Gasteiger partial charge in [-0.2, -0.15) is 0 Å². The van der Waals surface area contributed by atoms with Crippen molar-refractivity contribution in [3.63, 3.8) is 0 Å². The number of carboxylic acid groups (broad SMARTS) is 1. The molecule has 5 nitrogen and oxygen atoms in total. The van der Waals surface area contributed by atoms with Gasteiger partial charge in [-0.3, -0.25) is 4.79 Å². The van der Waals surface area contributed by atoms with Crippen molar-refractivity contribution in [2.24, 2.45) is 11.8 Å². The summed E-state index contributed by atoms with van der Waals surface area (Å²) in [6, 6.07) is 0. The molecule has 0 radical (unpaired) electrons. The molecule has 0 unspecified atom stereocenters. The molecular formula is C10H16O5. The Morgan fingerprint density at radius 2 is 2.13 bits per heavy atom. The minimum absolute atomic E-state index is 0.0679. The van der Waals surface area contributed by atoms with E-state index in [1.807, 2.05) is 0 Å². The fraction of sp³-hybridized carbons (Fsp3) is 0.800. The van der Waals surface area contributed by atoms with Crippen molar-refractivity contribution < 1.29 is 24.5 Å². The standard InChI is InChI=1S/C10H16O5/c1-4-10(9(13)14)7(11)6(5(2)3)8(12)15-10/h5-7,11H,4H2,1-3H3,(H,13,14)/t6-,7+,10+/m0/s1. The first kappa shape index (κ1) is 12.0. The lowest BCUT2D eigenvalue weighted by Gasteiger charge is -2.26. The maximum Gasteiger partial charge on any atom is 0.350 e. The molecule has 0 bridgehead atoms. The van der Waals surface area contributed by atoms with Crippen LogP contribution in [0.3, 0.4) is 0 Å². The van der Waals surface area contributed by atoms with E-state index in [9.17, 15) is 14.7 Å². The molecule has 0 aromatic heterocycles. The van der Waals surface area contributed by atoms with Crippen molar-refractivity contribution in [2.45, 2.75) is 38.9 Å². The number of rotatable bonds is 3. The normalized spacial score (nSPS) is 35.7. The molecule has 86 valence electrons. The van der Waals surface area contributed by atoms with E-state index in [2.05, 4.69) is 0 Å². The topological polar surface area (TPSA) is 83.8 Å². The van der Waals surface area contributed by atoms with Gasteiger partial charge in [0.05, 0.1) is 5.92 Å². The lowest BCUT2D eigenvalue weighted by Crippen LogP contribution is -2.48. The summed E-state index contributed by atoms with van der Waals surface area (Å²) in [4.78, 5) is 22.5. The molecule has 0 amide bonds. The summed E-state index contributed by atoms with van der Waals surface area (Å²) >= 11 is 0. The van der Waals surface area contributed by atoms with Gasteiger partial charge in [-0.15, -0.1) is 0 Å². The Hall–Kier alpha value is -1.10. The predicted molar refractivity (Wildman–Crippen MR) is 51.1 cm³/mol. The van der Waals surface area contributed by atoms with Crippen LogP contribution >= 0.6 is 0 Å². The number of aliphatic hydroxyl groups is 1. The van der Waals surface area contributed by atoms with Crippen LogP contribution in [-0.4, -0.2) is 33.9 Å². The lowest BCUT2D eigenvalue weighted by atomic mass is 9.82. The number of hydrogen-bond acceptors (Lipinski definition) is 4. The Morgan fingerprint density at radius 3 is 2.33 bits per heavy atom. The van der Waals surface area contributed by atoms with Crippen molar-refractivity contribution in [3.8, 4) is 0 Å². The number of carboxylic acids is 1. The van der Waals surface area contributed by atoms with E-state index >= 15 is 0 Å². The maximum absolute atomic E-state index is 11.5. The summed E-state index contributed by atoms with van der Waals surface area (Å²) < 4.78 is 4.86. The third kappa shape index (κ3) is 1.61. The van der Waals surface area contributed by atoms with E-state index in [4.69, 9.17) is 9.84 Å². The number of esters is 1. The second-order valence-electron chi connectivity index (χ2n) is 4.18. The van der Waals surface area contributed by atoms with Gasteiger partial charge in [0.2, 0.25) is 5.60 Å². The predicted octanol–water partition coefficient (Wildman–Crippen LogP) is 0.410. The molecule has 2 N–H and O–H groups in total. The molecule has 1 aliphatic rings. The Balaban J connectivity index is 3.07. The summed E-state index contributed by atoms with van der Waals surface area (Å²) in [5.41, 5.74) is -1.76. The van der Waals surface area contributed by atoms with Crippen LogP contribution in [0.15, 0.2) is 0 Å². The fourth-order valence-corrected chi connectivity index (χ4v) is 1.97. The summed E-state index contributed by atoms with van der Waals surface area (Å²) in [7, 11) is 0. The van der Waals surface area contributed by atoms with E-state index in [0.29, 0.717) is 0 Å². The lowest BCUT2D eigenvalue weighted by molar-refractivity contribution is -0.176. The molecule has 1 aliphatic heterocycles. The van der Waals surface area contributed by atoms with Crippen LogP contribution < -0.4 is 0 Å². The highest BCUT2D eigenvalue weighted by molar-refractivity contribution is 5.88. The minimum Gasteiger partial charge on any atom is -0.478 e. The highest BCUT2D eigenvalue weighted by atomic mass is 16.6. The van der Waals surface area contributed by atoms with Gasteiger partial charge in [-0.25, -0.2) is 4.79 Å². The molecule has 1 rings (SSSR count). The smallest absolute Gasteiger partial charge is 0.350 e. The van der Waals surface area contributed by atoms with Crippen LogP contribution in [0, 0.1) is 11.8 Å². The first-order valence-electron chi connectivity index (χ1n) is 5.01. The van der Waals surface area contributed by atoms with Crippen molar-refractivity contribution in [2.75, 3.05) is 0 Å². The molecule has 0 aliphatic carbocycles. The number of carbonyl (C=O) groups is 2. The number of aliphatic hydroxyl groups excluding tert-OH is 1. The Kier molecular flexibility index (Phi) is 3.04. The van der Waals surface area contributed by atoms with Crippen LogP contribution in [0.2, 0.25) is 0 Å². The van der Waals surface area contributed by atoms with Gasteiger partial charge in [0, 0.05) is 0 Å². The van der Waals surface area contributed by atoms with Gasteiger partial charge in [0.15, 0.2) is 0 Å². The van der Waals surface area contributed by atoms with Gasteiger partial charge in [0.1, 0.15) is 6.10 Å². The molecule has 1 saturated heterocycles. The Morgan fingerprint density at radius 1 is 1.60 bits per heavy atom. The van der Waals surface area contributed by atoms with Crippen LogP contribution in [0.1, 0.15) is 27.2 Å². The SMILES string of the molecule is CC[C@@]1(C(=O)O)OC(=O)[C@@H](C(C)C)[C@H]1O. The van der Waals surface area contributed by atoms with E-state index in [0.717, 1.165) is 0 Å². The van der Waals surface area contributed by atoms with Crippen LogP contribution in [0.25, 0.3) is 0 Å². The van der Waals surface area contributed by atoms with Crippen LogP contribution in [-0.2, 0) is 14.3 Å². The largest absolute Gasteiger partial charge is 0.478 e. The van der Waals surface area contributed by atoms with Crippen molar-refractivity contribution in [3.05, 3.63) is 0 Å². The zero-order chi connectivity index (χ0) is 11.8. The number of cyclic esters (lactones) is 1. The van der Waals surface area contributed by atoms with Gasteiger partial charge >= 0.3 is 11.9 Å². The highest BCUT2D eigenvalue weighted by Crippen LogP contribution is 2.38. The van der Waals surface area contributed by atoms with E-state index in [1.165, 1.54) is 0 Å². The van der Waals surface area contributed by atoms with Gasteiger partial charge < -0.3 is 14.9 Å². The number of carbonyl (C=O) groups excluding carboxylic acids is 1. The van der Waals surface area contributed by atoms with Crippen molar-refractivity contribution in [1.29, 1.82) is 0 Å². The van der Waals surface area contributed by atoms with Crippen molar-refractivity contribution >= 4 is 11.9 Å². The highest BCUT2D eigenvalue weighted by Gasteiger charge is 2.59. The van der Waals surface area contributed by atoms with E-state index in [-0.39, 0.29) is 12.3 Å². The zero-order valence-electron chi connectivity index (χ0n) is 9.06. The molecule has 1 heterocycles. The zero-order valence-corrected chi connectivity index (χ0v) is 9.06. The second-order valence-corrected chi connectivity index (χ2v) is 4.18. The molecule has 0 aromatic carbocycles. The Bertz CT molecular complexity index is 286. The van der Waals surface area contributed by atoms with Gasteiger partial charge in [-0.1, -0.05) is 20.8 Å². The maximum atomic E-state index is 11.5. The van der Waals surface area contributed by atoms with Crippen LogP contribution in [0.5, 0.6) is 0 Å². The summed E-state index contributed by atoms with van der Waals surface area (Å²) in [6.07, 6.45) is -1.20. The second kappa shape index (κ2) is 3.81. The monoisotopic (exact) mass is 216 g/mol. The molecular weight excluding hydrogens is 200 g/mol. The molecule has 3 atom stereocenters. The summed E-state index contributed by atoms with van der Waals surface area (Å²) in [6.45, 7) is 5.08. The molecule has 1 fully saturated rings. The number of aliphatic carboxylic acids is 1. The average molecular weight is 216 g/mol. The van der Waals surface area contributed by atoms with Crippen molar-refractivity contribution in [1.82, 2.24) is 0 Å². The first-order valence-corrected chi connectivity index (χ1v) is 5.01. The number of ether oxygens (including phenoxy) is 1. The molecule has 0 saturated carbocycles. The number of hydrogen-bond donors (Lipinski definition) is 2. The fourth-order valence-electron chi connectivity index (χ4n) is 1.97. The van der Waals surface area contributed by atoms with Gasteiger partial charge in [-0.05, 0) is 12.3 Å². The molecule has 15 heavy (non-hydrogen) atoms. The summed E-state index contributed by atoms with van der Waals surface area (Å²) in [5, 5.41) is 18.9.